The van der Waals surface area contributed by atoms with E-state index in [1.54, 1.807) is 18.2 Å². The van der Waals surface area contributed by atoms with Crippen molar-refractivity contribution in [2.45, 2.75) is 84.0 Å². The third-order valence-corrected chi connectivity index (χ3v) is 8.44. The maximum absolute atomic E-state index is 13.4. The monoisotopic (exact) mass is 551 g/mol. The van der Waals surface area contributed by atoms with E-state index in [0.29, 0.717) is 47.1 Å². The van der Waals surface area contributed by atoms with Gasteiger partial charge in [-0.2, -0.15) is 0 Å². The van der Waals surface area contributed by atoms with Gasteiger partial charge in [-0.25, -0.2) is 4.98 Å². The first-order valence-electron chi connectivity index (χ1n) is 14.8. The van der Waals surface area contributed by atoms with E-state index in [4.69, 9.17) is 20.9 Å². The van der Waals surface area contributed by atoms with Crippen LogP contribution in [0.25, 0.3) is 22.3 Å². The summed E-state index contributed by atoms with van der Waals surface area (Å²) < 4.78 is 6.34. The number of aryl methyl sites for hydroxylation is 1. The van der Waals surface area contributed by atoms with Crippen molar-refractivity contribution in [3.8, 4) is 17.0 Å². The van der Waals surface area contributed by atoms with Crippen molar-refractivity contribution in [2.75, 3.05) is 0 Å². The minimum atomic E-state index is -0.274. The quantitative estimate of drug-likeness (QED) is 0.156. The highest BCUT2D eigenvalue weighted by atomic mass is 16.5. The molecule has 1 aromatic heterocycles. The van der Waals surface area contributed by atoms with Gasteiger partial charge in [-0.1, -0.05) is 55.0 Å². The van der Waals surface area contributed by atoms with Gasteiger partial charge in [0.25, 0.3) is 5.56 Å². The fraction of sp³-hybridized carbons (Fsp3) is 0.382. The molecule has 41 heavy (non-hydrogen) atoms. The number of rotatable bonds is 10. The number of aromatic nitrogens is 2. The van der Waals surface area contributed by atoms with E-state index in [2.05, 4.69) is 30.7 Å². The zero-order valence-electron chi connectivity index (χ0n) is 24.3. The van der Waals surface area contributed by atoms with Crippen LogP contribution >= 0.6 is 0 Å². The zero-order chi connectivity index (χ0) is 28.9. The average molecular weight is 552 g/mol. The summed E-state index contributed by atoms with van der Waals surface area (Å²) in [4.78, 5) is 24.0. The molecule has 3 atom stereocenters. The standard InChI is InChI=1S/C34H41N5O2/c1-22-10-7-11-23(2)39(22)24(3)12-8-17-28-30(41-21-25-13-5-4-6-14-25)19-18-29-32(28)38-34(40)31(37-29)26-15-9-16-27(20-26)33(35)36/h4-6,9,13-16,18-20,22-24H,7-8,10-12,17,21H2,1-3H3,(H3,35,36)(H,38,40). The fourth-order valence-electron chi connectivity index (χ4n) is 6.37. The van der Waals surface area contributed by atoms with Crippen molar-refractivity contribution >= 4 is 16.9 Å². The Kier molecular flexibility index (Phi) is 8.84. The van der Waals surface area contributed by atoms with Crippen molar-refractivity contribution in [1.29, 1.82) is 5.41 Å². The first-order valence-corrected chi connectivity index (χ1v) is 14.8. The molecule has 0 saturated carbocycles. The molecule has 5 rings (SSSR count). The van der Waals surface area contributed by atoms with Gasteiger partial charge in [0.2, 0.25) is 0 Å². The lowest BCUT2D eigenvalue weighted by molar-refractivity contribution is 0.0580. The van der Waals surface area contributed by atoms with E-state index in [0.717, 1.165) is 41.7 Å². The van der Waals surface area contributed by atoms with Gasteiger partial charge in [0.15, 0.2) is 0 Å². The second kappa shape index (κ2) is 12.7. The Balaban J connectivity index is 1.45. The van der Waals surface area contributed by atoms with Gasteiger partial charge in [0.1, 0.15) is 23.9 Å². The molecule has 2 heterocycles. The fourth-order valence-corrected chi connectivity index (χ4v) is 6.37. The number of ether oxygens (including phenoxy) is 1. The molecular formula is C34H41N5O2. The summed E-state index contributed by atoms with van der Waals surface area (Å²) in [7, 11) is 0. The van der Waals surface area contributed by atoms with Crippen molar-refractivity contribution in [2.24, 2.45) is 5.73 Å². The normalized spacial score (nSPS) is 18.3. The van der Waals surface area contributed by atoms with Crippen LogP contribution in [0.5, 0.6) is 5.75 Å². The van der Waals surface area contributed by atoms with Crippen molar-refractivity contribution < 1.29 is 4.74 Å². The van der Waals surface area contributed by atoms with Crippen LogP contribution in [-0.4, -0.2) is 38.8 Å². The van der Waals surface area contributed by atoms with Gasteiger partial charge in [-0.15, -0.1) is 0 Å². The Morgan fingerprint density at radius 1 is 1.10 bits per heavy atom. The van der Waals surface area contributed by atoms with Gasteiger partial charge >= 0.3 is 0 Å². The minimum Gasteiger partial charge on any atom is -0.489 e. The maximum Gasteiger partial charge on any atom is 0.274 e. The van der Waals surface area contributed by atoms with Crippen LogP contribution in [0.2, 0.25) is 0 Å². The summed E-state index contributed by atoms with van der Waals surface area (Å²) in [5, 5.41) is 7.77. The number of nitrogens with zero attached hydrogens (tertiary/aromatic N) is 2. The minimum absolute atomic E-state index is 0.0471. The molecular weight excluding hydrogens is 510 g/mol. The SMILES string of the molecule is CC(CCCc1c(OCc2ccccc2)ccc2nc(-c3cccc(C(=N)N)c3)c(=O)[nH]c12)N1C(C)CCCC1C. The average Bonchev–Trinajstić information content (AvgIpc) is 2.97. The predicted octanol–water partition coefficient (Wildman–Crippen LogP) is 6.43. The van der Waals surface area contributed by atoms with E-state index in [1.165, 1.54) is 19.3 Å². The Hall–Kier alpha value is -3.97. The molecule has 1 aliphatic heterocycles. The summed E-state index contributed by atoms with van der Waals surface area (Å²) in [6.07, 6.45) is 6.66. The number of hydrogen-bond acceptors (Lipinski definition) is 5. The molecule has 1 saturated heterocycles. The van der Waals surface area contributed by atoms with Crippen LogP contribution in [-0.2, 0) is 13.0 Å². The van der Waals surface area contributed by atoms with Crippen LogP contribution < -0.4 is 16.0 Å². The smallest absolute Gasteiger partial charge is 0.274 e. The van der Waals surface area contributed by atoms with Crippen molar-refractivity contribution in [1.82, 2.24) is 14.9 Å². The Bertz CT molecular complexity index is 1550. The highest BCUT2D eigenvalue weighted by Gasteiger charge is 2.28. The molecule has 0 amide bonds. The van der Waals surface area contributed by atoms with Crippen LogP contribution in [0, 0.1) is 5.41 Å². The molecule has 1 fully saturated rings. The lowest BCUT2D eigenvalue weighted by Crippen LogP contribution is -2.48. The third-order valence-electron chi connectivity index (χ3n) is 8.44. The molecule has 0 radical (unpaired) electrons. The number of H-pyrrole nitrogens is 1. The molecule has 3 aromatic carbocycles. The number of fused-ring (bicyclic) bond motifs is 1. The summed E-state index contributed by atoms with van der Waals surface area (Å²) in [6, 6.07) is 22.8. The van der Waals surface area contributed by atoms with Crippen LogP contribution in [0.1, 0.15) is 69.6 Å². The number of benzene rings is 3. The molecule has 3 unspecified atom stereocenters. The van der Waals surface area contributed by atoms with Gasteiger partial charge < -0.3 is 15.5 Å². The Morgan fingerprint density at radius 2 is 1.85 bits per heavy atom. The molecule has 7 heteroatoms. The number of hydrogen-bond donors (Lipinski definition) is 3. The van der Waals surface area contributed by atoms with Crippen LogP contribution in [0.15, 0.2) is 71.5 Å². The van der Waals surface area contributed by atoms with Gasteiger partial charge in [-0.05, 0) is 76.6 Å². The van der Waals surface area contributed by atoms with E-state index in [9.17, 15) is 4.79 Å². The lowest BCUT2D eigenvalue weighted by Gasteiger charge is -2.43. The first-order chi connectivity index (χ1) is 19.8. The van der Waals surface area contributed by atoms with E-state index in [-0.39, 0.29) is 11.4 Å². The van der Waals surface area contributed by atoms with E-state index >= 15 is 0 Å². The number of nitrogens with one attached hydrogen (secondary N) is 2. The number of nitrogen functional groups attached to an aromatic ring is 1. The summed E-state index contributed by atoms with van der Waals surface area (Å²) in [6.45, 7) is 7.50. The summed E-state index contributed by atoms with van der Waals surface area (Å²) >= 11 is 0. The third kappa shape index (κ3) is 6.51. The van der Waals surface area contributed by atoms with Crippen LogP contribution in [0.4, 0.5) is 0 Å². The van der Waals surface area contributed by atoms with Crippen molar-refractivity contribution in [3.05, 3.63) is 93.8 Å². The molecule has 7 nitrogen and oxygen atoms in total. The van der Waals surface area contributed by atoms with E-state index in [1.807, 2.05) is 48.5 Å². The lowest BCUT2D eigenvalue weighted by atomic mass is 9.93. The number of aromatic amines is 1. The molecule has 4 N–H and O–H groups in total. The Labute approximate surface area is 242 Å². The number of nitrogens with two attached hydrogens (primary N) is 1. The van der Waals surface area contributed by atoms with Gasteiger partial charge in [0, 0.05) is 34.8 Å². The second-order valence-corrected chi connectivity index (χ2v) is 11.4. The first kappa shape index (κ1) is 28.6. The zero-order valence-corrected chi connectivity index (χ0v) is 24.3. The Morgan fingerprint density at radius 3 is 2.59 bits per heavy atom. The van der Waals surface area contributed by atoms with E-state index < -0.39 is 0 Å². The molecule has 0 bridgehead atoms. The molecule has 1 aliphatic rings. The summed E-state index contributed by atoms with van der Waals surface area (Å²) in [5.41, 5.74) is 10.4. The number of likely N-dealkylation sites (tertiary alicyclic amines) is 1. The molecule has 214 valence electrons. The largest absolute Gasteiger partial charge is 0.489 e. The molecule has 4 aromatic rings. The van der Waals surface area contributed by atoms with Crippen molar-refractivity contribution in [3.63, 3.8) is 0 Å². The highest BCUT2D eigenvalue weighted by Crippen LogP contribution is 2.31. The highest BCUT2D eigenvalue weighted by molar-refractivity contribution is 5.96. The molecule has 0 spiro atoms. The van der Waals surface area contributed by atoms with Crippen LogP contribution in [0.3, 0.4) is 0 Å². The number of amidine groups is 1. The van der Waals surface area contributed by atoms with Gasteiger partial charge in [0.05, 0.1) is 11.0 Å². The molecule has 0 aliphatic carbocycles. The number of piperidine rings is 1. The predicted molar refractivity (Wildman–Crippen MR) is 167 cm³/mol. The summed E-state index contributed by atoms with van der Waals surface area (Å²) in [5.74, 6) is 0.728. The topological polar surface area (TPSA) is 108 Å². The van der Waals surface area contributed by atoms with Gasteiger partial charge in [-0.3, -0.25) is 15.1 Å². The maximum atomic E-state index is 13.4. The second-order valence-electron chi connectivity index (χ2n) is 11.4.